The van der Waals surface area contributed by atoms with Crippen molar-refractivity contribution in [3.8, 4) is 0 Å². The molecule has 1 unspecified atom stereocenters. The fourth-order valence-electron chi connectivity index (χ4n) is 1.99. The van der Waals surface area contributed by atoms with E-state index in [1.165, 1.54) is 17.0 Å². The molecule has 1 fully saturated rings. The van der Waals surface area contributed by atoms with Crippen molar-refractivity contribution >= 4 is 17.3 Å². The highest BCUT2D eigenvalue weighted by Gasteiger charge is 2.29. The molecule has 0 saturated carbocycles. The number of amides is 1. The molecule has 1 aromatic rings. The molecule has 6 nitrogen and oxygen atoms in total. The molecule has 2 rings (SSSR count). The average Bonchev–Trinajstić information content (AvgIpc) is 2.57. The number of benzene rings is 1. The van der Waals surface area contributed by atoms with Crippen molar-refractivity contribution in [2.24, 2.45) is 5.73 Å². The Morgan fingerprint density at radius 3 is 2.71 bits per heavy atom. The van der Waals surface area contributed by atoms with E-state index in [0.29, 0.717) is 18.7 Å². The third-order valence-corrected chi connectivity index (χ3v) is 2.72. The van der Waals surface area contributed by atoms with Gasteiger partial charge in [-0.3, -0.25) is 14.9 Å². The Bertz CT molecular complexity index is 487. The molecule has 1 amide bonds. The number of nitro groups is 1. The van der Waals surface area contributed by atoms with Crippen molar-refractivity contribution in [1.82, 2.24) is 0 Å². The molecule has 1 saturated heterocycles. The van der Waals surface area contributed by atoms with Gasteiger partial charge in [-0.1, -0.05) is 0 Å². The number of carbonyl (C=O) groups excluding carboxylic acids is 1. The number of nitrogens with two attached hydrogens (primary N) is 1. The van der Waals surface area contributed by atoms with E-state index in [1.807, 2.05) is 0 Å². The number of non-ortho nitro benzene ring substituents is 1. The maximum atomic E-state index is 11.7. The van der Waals surface area contributed by atoms with Gasteiger partial charge < -0.3 is 10.6 Å². The second kappa shape index (κ2) is 4.14. The maximum absolute atomic E-state index is 11.7. The summed E-state index contributed by atoms with van der Waals surface area (Å²) in [6.45, 7) is 2.18. The van der Waals surface area contributed by atoms with Gasteiger partial charge in [-0.15, -0.1) is 0 Å². The molecule has 0 bridgehead atoms. The second-order valence-electron chi connectivity index (χ2n) is 4.25. The first kappa shape index (κ1) is 11.5. The van der Waals surface area contributed by atoms with E-state index in [-0.39, 0.29) is 17.6 Å². The molecule has 6 heteroatoms. The first-order valence-electron chi connectivity index (χ1n) is 5.29. The van der Waals surface area contributed by atoms with Gasteiger partial charge in [-0.05, 0) is 18.6 Å². The van der Waals surface area contributed by atoms with Crippen molar-refractivity contribution < 1.29 is 9.72 Å². The highest BCUT2D eigenvalue weighted by atomic mass is 16.6. The SMILES string of the molecule is Cc1cc(N2CC(N)CC2=O)cc([N+](=O)[O-])c1. The molecule has 0 radical (unpaired) electrons. The highest BCUT2D eigenvalue weighted by molar-refractivity contribution is 5.96. The lowest BCUT2D eigenvalue weighted by molar-refractivity contribution is -0.384. The largest absolute Gasteiger partial charge is 0.326 e. The molecule has 0 spiro atoms. The Morgan fingerprint density at radius 1 is 1.47 bits per heavy atom. The van der Waals surface area contributed by atoms with Crippen molar-refractivity contribution in [2.45, 2.75) is 19.4 Å². The van der Waals surface area contributed by atoms with Gasteiger partial charge >= 0.3 is 0 Å². The zero-order valence-electron chi connectivity index (χ0n) is 9.42. The minimum atomic E-state index is -0.461. The summed E-state index contributed by atoms with van der Waals surface area (Å²) >= 11 is 0. The molecule has 2 N–H and O–H groups in total. The molecular weight excluding hydrogens is 222 g/mol. The standard InChI is InChI=1S/C11H13N3O3/c1-7-2-9(5-10(3-7)14(16)17)13-6-8(12)4-11(13)15/h2-3,5,8H,4,6,12H2,1H3. The van der Waals surface area contributed by atoms with Gasteiger partial charge in [0.05, 0.1) is 10.6 Å². The van der Waals surface area contributed by atoms with Crippen LogP contribution in [0.3, 0.4) is 0 Å². The summed E-state index contributed by atoms with van der Waals surface area (Å²) in [7, 11) is 0. The van der Waals surface area contributed by atoms with Gasteiger partial charge in [0.25, 0.3) is 5.69 Å². The van der Waals surface area contributed by atoms with Crippen LogP contribution < -0.4 is 10.6 Å². The fraction of sp³-hybridized carbons (Fsp3) is 0.364. The van der Waals surface area contributed by atoms with Crippen LogP contribution in [0.25, 0.3) is 0 Å². The molecule has 1 heterocycles. The van der Waals surface area contributed by atoms with Crippen LogP contribution in [0.5, 0.6) is 0 Å². The summed E-state index contributed by atoms with van der Waals surface area (Å²) in [5.74, 6) is -0.0857. The zero-order chi connectivity index (χ0) is 12.6. The topological polar surface area (TPSA) is 89.5 Å². The van der Waals surface area contributed by atoms with Gasteiger partial charge in [0.2, 0.25) is 5.91 Å². The maximum Gasteiger partial charge on any atom is 0.271 e. The monoisotopic (exact) mass is 235 g/mol. The Balaban J connectivity index is 2.39. The third-order valence-electron chi connectivity index (χ3n) is 2.72. The summed E-state index contributed by atoms with van der Waals surface area (Å²) in [6, 6.07) is 4.44. The number of hydrogen-bond acceptors (Lipinski definition) is 4. The second-order valence-corrected chi connectivity index (χ2v) is 4.25. The number of anilines is 1. The zero-order valence-corrected chi connectivity index (χ0v) is 9.42. The van der Waals surface area contributed by atoms with Crippen LogP contribution in [0.2, 0.25) is 0 Å². The van der Waals surface area contributed by atoms with E-state index in [1.54, 1.807) is 13.0 Å². The van der Waals surface area contributed by atoms with Crippen molar-refractivity contribution in [1.29, 1.82) is 0 Å². The van der Waals surface area contributed by atoms with Crippen LogP contribution >= 0.6 is 0 Å². The summed E-state index contributed by atoms with van der Waals surface area (Å²) in [5, 5.41) is 10.7. The van der Waals surface area contributed by atoms with E-state index in [9.17, 15) is 14.9 Å². The summed E-state index contributed by atoms with van der Waals surface area (Å²) in [6.07, 6.45) is 0.293. The van der Waals surface area contributed by atoms with Crippen molar-refractivity contribution in [3.05, 3.63) is 33.9 Å². The predicted molar refractivity (Wildman–Crippen MR) is 62.8 cm³/mol. The van der Waals surface area contributed by atoms with Gasteiger partial charge in [0.15, 0.2) is 0 Å². The minimum absolute atomic E-state index is 0.00623. The average molecular weight is 235 g/mol. The van der Waals surface area contributed by atoms with Crippen LogP contribution in [0.1, 0.15) is 12.0 Å². The van der Waals surface area contributed by atoms with E-state index in [2.05, 4.69) is 0 Å². The number of carbonyl (C=O) groups is 1. The molecule has 0 aliphatic carbocycles. The van der Waals surface area contributed by atoms with E-state index < -0.39 is 4.92 Å². The van der Waals surface area contributed by atoms with Crippen LogP contribution in [-0.4, -0.2) is 23.4 Å². The number of rotatable bonds is 2. The van der Waals surface area contributed by atoms with Gasteiger partial charge in [-0.2, -0.15) is 0 Å². The highest BCUT2D eigenvalue weighted by Crippen LogP contribution is 2.26. The van der Waals surface area contributed by atoms with Crippen LogP contribution in [0, 0.1) is 17.0 Å². The lowest BCUT2D eigenvalue weighted by Crippen LogP contribution is -2.28. The number of nitro benzene ring substituents is 1. The molecule has 1 aliphatic heterocycles. The molecule has 0 aromatic heterocycles. The first-order valence-corrected chi connectivity index (χ1v) is 5.29. The smallest absolute Gasteiger partial charge is 0.271 e. The van der Waals surface area contributed by atoms with Crippen LogP contribution in [-0.2, 0) is 4.79 Å². The summed E-state index contributed by atoms with van der Waals surface area (Å²) in [5.41, 5.74) is 6.99. The fourth-order valence-corrected chi connectivity index (χ4v) is 1.99. The lowest BCUT2D eigenvalue weighted by atomic mass is 10.2. The van der Waals surface area contributed by atoms with Gasteiger partial charge in [0, 0.05) is 31.1 Å². The Hall–Kier alpha value is -1.95. The third kappa shape index (κ3) is 2.26. The molecule has 17 heavy (non-hydrogen) atoms. The predicted octanol–water partition coefficient (Wildman–Crippen LogP) is 0.967. The van der Waals surface area contributed by atoms with Gasteiger partial charge in [-0.25, -0.2) is 0 Å². The molecule has 1 aliphatic rings. The van der Waals surface area contributed by atoms with Crippen LogP contribution in [0.4, 0.5) is 11.4 Å². The number of aryl methyl sites for hydroxylation is 1. The van der Waals surface area contributed by atoms with E-state index in [4.69, 9.17) is 5.73 Å². The lowest BCUT2D eigenvalue weighted by Gasteiger charge is -2.16. The Morgan fingerprint density at radius 2 is 2.18 bits per heavy atom. The molecular formula is C11H13N3O3. The molecule has 1 aromatic carbocycles. The van der Waals surface area contributed by atoms with Crippen LogP contribution in [0.15, 0.2) is 18.2 Å². The van der Waals surface area contributed by atoms with E-state index in [0.717, 1.165) is 5.56 Å². The quantitative estimate of drug-likeness (QED) is 0.610. The molecule has 1 atom stereocenters. The molecule has 90 valence electrons. The van der Waals surface area contributed by atoms with Crippen molar-refractivity contribution in [2.75, 3.05) is 11.4 Å². The first-order chi connectivity index (χ1) is 7.97. The van der Waals surface area contributed by atoms with Gasteiger partial charge in [0.1, 0.15) is 0 Å². The number of hydrogen-bond donors (Lipinski definition) is 1. The summed E-state index contributed by atoms with van der Waals surface area (Å²) in [4.78, 5) is 23.4. The van der Waals surface area contributed by atoms with E-state index >= 15 is 0 Å². The Kier molecular flexibility index (Phi) is 2.81. The van der Waals surface area contributed by atoms with Crippen molar-refractivity contribution in [3.63, 3.8) is 0 Å². The normalized spacial score (nSPS) is 19.8. The number of nitrogens with zero attached hydrogens (tertiary/aromatic N) is 2. The minimum Gasteiger partial charge on any atom is -0.326 e. The summed E-state index contributed by atoms with van der Waals surface area (Å²) < 4.78 is 0. The Labute approximate surface area is 98.2 Å².